The molecule has 4 rings (SSSR count). The van der Waals surface area contributed by atoms with Gasteiger partial charge in [-0.05, 0) is 31.5 Å². The van der Waals surface area contributed by atoms with Gasteiger partial charge in [0, 0.05) is 13.2 Å². The topological polar surface area (TPSA) is 68.1 Å². The predicted molar refractivity (Wildman–Crippen MR) is 85.5 cm³/mol. The normalized spacial score (nSPS) is 13.9. The van der Waals surface area contributed by atoms with Crippen molar-refractivity contribution in [3.05, 3.63) is 52.6 Å². The van der Waals surface area contributed by atoms with Gasteiger partial charge in [-0.15, -0.1) is 0 Å². The van der Waals surface area contributed by atoms with Crippen LogP contribution >= 0.6 is 0 Å². The molecule has 6 nitrogen and oxygen atoms in total. The van der Waals surface area contributed by atoms with Gasteiger partial charge >= 0.3 is 0 Å². The zero-order valence-corrected chi connectivity index (χ0v) is 13.3. The number of hydrogen-bond donors (Lipinski definition) is 0. The number of pyridine rings is 1. The Morgan fingerprint density at radius 1 is 1.12 bits per heavy atom. The fourth-order valence-electron chi connectivity index (χ4n) is 3.13. The number of aromatic nitrogens is 3. The largest absolute Gasteiger partial charge is 0.268 e. The summed E-state index contributed by atoms with van der Waals surface area (Å²) in [6, 6.07) is 4.39. The molecule has 0 fully saturated rings. The molecule has 1 aromatic carbocycles. The van der Waals surface area contributed by atoms with Gasteiger partial charge in [0.05, 0.1) is 27.9 Å². The fraction of sp³-hybridized carbons (Fsp3) is 0.176. The summed E-state index contributed by atoms with van der Waals surface area (Å²) in [5, 5.41) is 4.78. The lowest BCUT2D eigenvalue weighted by molar-refractivity contribution is 0.0925. The molecular weight excluding hydrogens is 311 g/mol. The van der Waals surface area contributed by atoms with Gasteiger partial charge in [-0.1, -0.05) is 6.07 Å². The molecule has 3 heterocycles. The van der Waals surface area contributed by atoms with E-state index in [1.165, 1.54) is 18.3 Å². The van der Waals surface area contributed by atoms with E-state index >= 15 is 0 Å². The van der Waals surface area contributed by atoms with Crippen LogP contribution in [-0.4, -0.2) is 26.6 Å². The van der Waals surface area contributed by atoms with Crippen LogP contribution in [0.3, 0.4) is 0 Å². The average molecular weight is 324 g/mol. The average Bonchev–Trinajstić information content (AvgIpc) is 2.95. The quantitative estimate of drug-likeness (QED) is 0.645. The van der Waals surface area contributed by atoms with E-state index in [1.54, 1.807) is 31.6 Å². The van der Waals surface area contributed by atoms with Gasteiger partial charge in [0.25, 0.3) is 11.8 Å². The van der Waals surface area contributed by atoms with Crippen LogP contribution in [0.5, 0.6) is 0 Å². The Balaban J connectivity index is 1.97. The number of carbonyl (C=O) groups excluding carboxylic acids is 2. The van der Waals surface area contributed by atoms with E-state index < -0.39 is 17.6 Å². The third-order valence-corrected chi connectivity index (χ3v) is 4.22. The number of nitrogens with zero attached hydrogens (tertiary/aromatic N) is 4. The predicted octanol–water partition coefficient (Wildman–Crippen LogP) is 2.52. The van der Waals surface area contributed by atoms with Crippen molar-refractivity contribution in [2.24, 2.45) is 7.05 Å². The van der Waals surface area contributed by atoms with E-state index in [9.17, 15) is 14.0 Å². The highest BCUT2D eigenvalue weighted by Crippen LogP contribution is 2.34. The van der Waals surface area contributed by atoms with Crippen LogP contribution in [0.4, 0.5) is 10.1 Å². The number of rotatable bonds is 1. The summed E-state index contributed by atoms with van der Waals surface area (Å²) in [5.74, 6) is -1.74. The molecular formula is C17H13FN4O2. The molecule has 3 aromatic rings. The van der Waals surface area contributed by atoms with Gasteiger partial charge < -0.3 is 0 Å². The Morgan fingerprint density at radius 3 is 2.58 bits per heavy atom. The van der Waals surface area contributed by atoms with Crippen molar-refractivity contribution in [3.8, 4) is 0 Å². The van der Waals surface area contributed by atoms with Crippen LogP contribution in [-0.2, 0) is 7.05 Å². The number of carbonyl (C=O) groups is 2. The Kier molecular flexibility index (Phi) is 2.84. The number of amides is 2. The molecule has 0 radical (unpaired) electrons. The highest BCUT2D eigenvalue weighted by Gasteiger charge is 2.40. The highest BCUT2D eigenvalue weighted by atomic mass is 19.1. The first-order chi connectivity index (χ1) is 11.4. The third-order valence-electron chi connectivity index (χ3n) is 4.22. The van der Waals surface area contributed by atoms with E-state index in [4.69, 9.17) is 0 Å². The van der Waals surface area contributed by atoms with Crippen LogP contribution in [0, 0.1) is 19.7 Å². The Labute approximate surface area is 136 Å². The van der Waals surface area contributed by atoms with Crippen LogP contribution in [0.1, 0.15) is 32.0 Å². The van der Waals surface area contributed by atoms with Crippen molar-refractivity contribution < 1.29 is 14.0 Å². The van der Waals surface area contributed by atoms with Crippen molar-refractivity contribution in [2.75, 3.05) is 4.90 Å². The second-order valence-electron chi connectivity index (χ2n) is 5.86. The number of anilines is 1. The van der Waals surface area contributed by atoms with Crippen molar-refractivity contribution in [1.29, 1.82) is 0 Å². The Hall–Kier alpha value is -3.09. The molecule has 0 spiro atoms. The summed E-state index contributed by atoms with van der Waals surface area (Å²) in [7, 11) is 1.72. The first kappa shape index (κ1) is 14.5. The van der Waals surface area contributed by atoms with E-state index in [-0.39, 0.29) is 16.8 Å². The lowest BCUT2D eigenvalue weighted by Gasteiger charge is -2.15. The minimum atomic E-state index is -0.614. The molecule has 0 unspecified atom stereocenters. The number of halogens is 1. The molecule has 0 N–H and O–H groups in total. The molecule has 24 heavy (non-hydrogen) atoms. The molecule has 0 atom stereocenters. The van der Waals surface area contributed by atoms with Gasteiger partial charge in [-0.2, -0.15) is 5.10 Å². The third kappa shape index (κ3) is 1.75. The second kappa shape index (κ2) is 4.70. The molecule has 0 aliphatic carbocycles. The first-order valence-corrected chi connectivity index (χ1v) is 7.37. The Bertz CT molecular complexity index is 1050. The van der Waals surface area contributed by atoms with Gasteiger partial charge in [0.15, 0.2) is 5.65 Å². The van der Waals surface area contributed by atoms with Gasteiger partial charge in [-0.25, -0.2) is 14.3 Å². The monoisotopic (exact) mass is 324 g/mol. The molecule has 7 heteroatoms. The van der Waals surface area contributed by atoms with Crippen LogP contribution in [0.25, 0.3) is 11.0 Å². The summed E-state index contributed by atoms with van der Waals surface area (Å²) in [6.45, 7) is 3.48. The molecule has 120 valence electrons. The fourth-order valence-corrected chi connectivity index (χ4v) is 3.13. The van der Waals surface area contributed by atoms with Crippen molar-refractivity contribution >= 4 is 28.5 Å². The van der Waals surface area contributed by atoms with E-state index in [1.807, 2.05) is 0 Å². The van der Waals surface area contributed by atoms with Crippen molar-refractivity contribution in [3.63, 3.8) is 0 Å². The van der Waals surface area contributed by atoms with Gasteiger partial charge in [0.2, 0.25) is 0 Å². The first-order valence-electron chi connectivity index (χ1n) is 7.37. The van der Waals surface area contributed by atoms with Crippen LogP contribution in [0.2, 0.25) is 0 Å². The van der Waals surface area contributed by atoms with Crippen LogP contribution in [0.15, 0.2) is 24.4 Å². The summed E-state index contributed by atoms with van der Waals surface area (Å²) in [6.07, 6.45) is 1.35. The Morgan fingerprint density at radius 2 is 1.88 bits per heavy atom. The molecule has 2 aromatic heterocycles. The zero-order chi connectivity index (χ0) is 17.2. The highest BCUT2D eigenvalue weighted by molar-refractivity contribution is 6.37. The van der Waals surface area contributed by atoms with E-state index in [0.29, 0.717) is 22.3 Å². The maximum absolute atomic E-state index is 14.3. The standard InChI is InChI=1S/C17H13FN4O2/c1-8-4-5-12(11(18)6-8)22-16(23)10-7-19-15-13(14(10)17(22)24)9(2)20-21(15)3/h4-7H,1-3H3. The van der Waals surface area contributed by atoms with E-state index in [2.05, 4.69) is 10.1 Å². The zero-order valence-electron chi connectivity index (χ0n) is 13.3. The smallest absolute Gasteiger partial charge is 0.267 e. The number of aryl methyl sites for hydroxylation is 3. The number of imide groups is 1. The van der Waals surface area contributed by atoms with Crippen molar-refractivity contribution in [1.82, 2.24) is 14.8 Å². The molecule has 0 saturated heterocycles. The maximum atomic E-state index is 14.3. The lowest BCUT2D eigenvalue weighted by Crippen LogP contribution is -2.30. The summed E-state index contributed by atoms with van der Waals surface area (Å²) in [5.41, 5.74) is 2.17. The SMILES string of the molecule is Cc1ccc(N2C(=O)c3cnc4c(c(C)nn4C)c3C2=O)c(F)c1. The minimum absolute atomic E-state index is 0.0542. The maximum Gasteiger partial charge on any atom is 0.267 e. The summed E-state index contributed by atoms with van der Waals surface area (Å²) < 4.78 is 15.8. The van der Waals surface area contributed by atoms with E-state index in [0.717, 1.165) is 4.90 Å². The number of fused-ring (bicyclic) bond motifs is 3. The molecule has 1 aliphatic heterocycles. The van der Waals surface area contributed by atoms with Crippen LogP contribution < -0.4 is 4.90 Å². The lowest BCUT2D eigenvalue weighted by atomic mass is 10.1. The second-order valence-corrected chi connectivity index (χ2v) is 5.86. The molecule has 0 bridgehead atoms. The molecule has 1 aliphatic rings. The number of hydrogen-bond acceptors (Lipinski definition) is 4. The van der Waals surface area contributed by atoms with Crippen molar-refractivity contribution in [2.45, 2.75) is 13.8 Å². The molecule has 2 amide bonds. The molecule has 0 saturated carbocycles. The van der Waals surface area contributed by atoms with Gasteiger partial charge in [-0.3, -0.25) is 14.3 Å². The van der Waals surface area contributed by atoms with Gasteiger partial charge in [0.1, 0.15) is 5.82 Å². The summed E-state index contributed by atoms with van der Waals surface area (Å²) in [4.78, 5) is 30.7. The summed E-state index contributed by atoms with van der Waals surface area (Å²) >= 11 is 0. The number of benzene rings is 1. The minimum Gasteiger partial charge on any atom is -0.268 e.